The molecule has 0 radical (unpaired) electrons. The molecule has 1 fully saturated rings. The number of carboxylic acid groups (broad SMARTS) is 1. The number of carboxylic acids is 1. The van der Waals surface area contributed by atoms with Gasteiger partial charge in [0, 0.05) is 12.5 Å². The van der Waals surface area contributed by atoms with E-state index in [1.54, 1.807) is 0 Å². The van der Waals surface area contributed by atoms with Crippen LogP contribution in [-0.2, 0) is 30.3 Å². The number of aryl methyl sites for hydroxylation is 1. The topological polar surface area (TPSA) is 99.1 Å². The smallest absolute Gasteiger partial charge is 0.330 e. The average molecular weight is 447 g/mol. The molecule has 32 heavy (non-hydrogen) atoms. The van der Waals surface area contributed by atoms with E-state index in [4.69, 9.17) is 19.3 Å². The number of benzene rings is 1. The Morgan fingerprint density at radius 2 is 1.62 bits per heavy atom. The molecule has 0 atom stereocenters. The standard InChI is InChI=1S/C25H34O7/c1-2-23(26)31-18-6-4-3-5-17-30-21-12-7-19(8-13-21)9-16-24(27)32-22-14-10-20(11-15-22)25(28)29/h2,7-8,12-13,20,22H,1,3-6,9-11,14-18H2,(H,28,29)/t20-,22-. The van der Waals surface area contributed by atoms with Gasteiger partial charge >= 0.3 is 17.9 Å². The van der Waals surface area contributed by atoms with Gasteiger partial charge in [-0.2, -0.15) is 0 Å². The molecule has 0 unspecified atom stereocenters. The lowest BCUT2D eigenvalue weighted by atomic mass is 9.87. The predicted octanol–water partition coefficient (Wildman–Crippen LogP) is 4.47. The number of unbranched alkanes of at least 4 members (excludes halogenated alkanes) is 3. The second-order valence-corrected chi connectivity index (χ2v) is 8.08. The van der Waals surface area contributed by atoms with Crippen LogP contribution in [0.15, 0.2) is 36.9 Å². The first-order valence-electron chi connectivity index (χ1n) is 11.4. The Balaban J connectivity index is 1.54. The molecule has 1 aliphatic rings. The minimum absolute atomic E-state index is 0.156. The van der Waals surface area contributed by atoms with Crippen molar-refractivity contribution in [2.75, 3.05) is 13.2 Å². The molecule has 1 aromatic rings. The van der Waals surface area contributed by atoms with E-state index >= 15 is 0 Å². The van der Waals surface area contributed by atoms with Crippen LogP contribution < -0.4 is 4.74 Å². The normalized spacial score (nSPS) is 17.9. The summed E-state index contributed by atoms with van der Waals surface area (Å²) in [6.07, 6.45) is 8.04. The van der Waals surface area contributed by atoms with Crippen LogP contribution in [-0.4, -0.2) is 42.3 Å². The minimum Gasteiger partial charge on any atom is -0.494 e. The van der Waals surface area contributed by atoms with Crippen LogP contribution in [0.3, 0.4) is 0 Å². The molecule has 1 aromatic carbocycles. The zero-order chi connectivity index (χ0) is 23.2. The average Bonchev–Trinajstić information content (AvgIpc) is 2.80. The summed E-state index contributed by atoms with van der Waals surface area (Å²) in [6, 6.07) is 7.72. The fourth-order valence-electron chi connectivity index (χ4n) is 3.65. The molecule has 0 amide bonds. The van der Waals surface area contributed by atoms with Crippen LogP contribution in [0, 0.1) is 5.92 Å². The fourth-order valence-corrected chi connectivity index (χ4v) is 3.65. The summed E-state index contributed by atoms with van der Waals surface area (Å²) in [5.41, 5.74) is 1.04. The predicted molar refractivity (Wildman–Crippen MR) is 119 cm³/mol. The first-order chi connectivity index (χ1) is 15.5. The summed E-state index contributed by atoms with van der Waals surface area (Å²) in [4.78, 5) is 34.0. The van der Waals surface area contributed by atoms with E-state index in [0.29, 0.717) is 51.7 Å². The largest absolute Gasteiger partial charge is 0.494 e. The van der Waals surface area contributed by atoms with Crippen molar-refractivity contribution in [2.24, 2.45) is 5.92 Å². The summed E-state index contributed by atoms with van der Waals surface area (Å²) in [5.74, 6) is -0.881. The monoisotopic (exact) mass is 446 g/mol. The van der Waals surface area contributed by atoms with Crippen molar-refractivity contribution in [2.45, 2.75) is 70.3 Å². The zero-order valence-electron chi connectivity index (χ0n) is 18.6. The molecule has 7 nitrogen and oxygen atoms in total. The van der Waals surface area contributed by atoms with Crippen LogP contribution >= 0.6 is 0 Å². The molecule has 7 heteroatoms. The van der Waals surface area contributed by atoms with E-state index in [1.165, 1.54) is 6.08 Å². The maximum absolute atomic E-state index is 12.1. The Kier molecular flexibility index (Phi) is 11.3. The summed E-state index contributed by atoms with van der Waals surface area (Å²) in [7, 11) is 0. The van der Waals surface area contributed by atoms with Gasteiger partial charge in [-0.3, -0.25) is 9.59 Å². The van der Waals surface area contributed by atoms with Crippen molar-refractivity contribution >= 4 is 17.9 Å². The summed E-state index contributed by atoms with van der Waals surface area (Å²) >= 11 is 0. The number of rotatable bonds is 14. The number of aliphatic carboxylic acids is 1. The van der Waals surface area contributed by atoms with E-state index < -0.39 is 5.97 Å². The number of carbonyl (C=O) groups is 3. The second kappa shape index (κ2) is 14.3. The van der Waals surface area contributed by atoms with Crippen molar-refractivity contribution in [1.29, 1.82) is 0 Å². The van der Waals surface area contributed by atoms with Gasteiger partial charge in [-0.25, -0.2) is 4.79 Å². The van der Waals surface area contributed by atoms with Gasteiger partial charge in [-0.1, -0.05) is 18.7 Å². The molecule has 2 rings (SSSR count). The molecule has 0 heterocycles. The molecular weight excluding hydrogens is 412 g/mol. The van der Waals surface area contributed by atoms with Gasteiger partial charge in [-0.15, -0.1) is 0 Å². The molecule has 1 saturated carbocycles. The lowest BCUT2D eigenvalue weighted by Crippen LogP contribution is -2.27. The number of ether oxygens (including phenoxy) is 3. The first-order valence-corrected chi connectivity index (χ1v) is 11.4. The third-order valence-electron chi connectivity index (χ3n) is 5.58. The van der Waals surface area contributed by atoms with E-state index in [2.05, 4.69) is 6.58 Å². The molecule has 1 N–H and O–H groups in total. The first kappa shape index (κ1) is 25.4. The molecule has 0 aromatic heterocycles. The number of hydrogen-bond donors (Lipinski definition) is 1. The molecule has 0 spiro atoms. The van der Waals surface area contributed by atoms with Gasteiger partial charge in [0.2, 0.25) is 0 Å². The summed E-state index contributed by atoms with van der Waals surface area (Å²) in [5, 5.41) is 9.03. The number of hydrogen-bond acceptors (Lipinski definition) is 6. The molecular formula is C25H34O7. The van der Waals surface area contributed by atoms with Gasteiger partial charge in [0.1, 0.15) is 11.9 Å². The van der Waals surface area contributed by atoms with Crippen LogP contribution in [0.2, 0.25) is 0 Å². The van der Waals surface area contributed by atoms with Crippen molar-refractivity contribution in [3.8, 4) is 5.75 Å². The maximum Gasteiger partial charge on any atom is 0.330 e. The van der Waals surface area contributed by atoms with Crippen LogP contribution in [0.5, 0.6) is 5.75 Å². The Morgan fingerprint density at radius 3 is 2.25 bits per heavy atom. The molecule has 0 saturated heterocycles. The Hall–Kier alpha value is -2.83. The molecule has 1 aliphatic carbocycles. The third-order valence-corrected chi connectivity index (χ3v) is 5.58. The van der Waals surface area contributed by atoms with Gasteiger partial charge in [0.25, 0.3) is 0 Å². The number of carbonyl (C=O) groups excluding carboxylic acids is 2. The van der Waals surface area contributed by atoms with Crippen LogP contribution in [0.1, 0.15) is 63.4 Å². The van der Waals surface area contributed by atoms with Crippen LogP contribution in [0.25, 0.3) is 0 Å². The highest BCUT2D eigenvalue weighted by atomic mass is 16.5. The highest BCUT2D eigenvalue weighted by molar-refractivity contribution is 5.81. The lowest BCUT2D eigenvalue weighted by Gasteiger charge is -2.25. The fraction of sp³-hybridized carbons (Fsp3) is 0.560. The third kappa shape index (κ3) is 9.98. The lowest BCUT2D eigenvalue weighted by molar-refractivity contribution is -0.152. The van der Waals surface area contributed by atoms with E-state index in [1.807, 2.05) is 24.3 Å². The van der Waals surface area contributed by atoms with Crippen LogP contribution in [0.4, 0.5) is 0 Å². The second-order valence-electron chi connectivity index (χ2n) is 8.08. The Bertz CT molecular complexity index is 733. The Labute approximate surface area is 189 Å². The Morgan fingerprint density at radius 1 is 0.969 bits per heavy atom. The highest BCUT2D eigenvalue weighted by Crippen LogP contribution is 2.26. The van der Waals surface area contributed by atoms with Crippen molar-refractivity contribution < 1.29 is 33.7 Å². The minimum atomic E-state index is -0.758. The highest BCUT2D eigenvalue weighted by Gasteiger charge is 2.27. The van der Waals surface area contributed by atoms with E-state index in [-0.39, 0.29) is 24.0 Å². The van der Waals surface area contributed by atoms with Gasteiger partial charge in [-0.05, 0) is 75.5 Å². The molecule has 0 bridgehead atoms. The van der Waals surface area contributed by atoms with Gasteiger partial charge < -0.3 is 19.3 Å². The van der Waals surface area contributed by atoms with Gasteiger partial charge in [0.05, 0.1) is 19.1 Å². The zero-order valence-corrected chi connectivity index (χ0v) is 18.6. The quantitative estimate of drug-likeness (QED) is 0.256. The maximum atomic E-state index is 12.1. The van der Waals surface area contributed by atoms with Crippen molar-refractivity contribution in [3.05, 3.63) is 42.5 Å². The number of esters is 2. The SMILES string of the molecule is C=CC(=O)OCCCCCCOc1ccc(CCC(=O)O[C@H]2CC[C@H](C(=O)O)CC2)cc1. The van der Waals surface area contributed by atoms with Gasteiger partial charge in [0.15, 0.2) is 0 Å². The summed E-state index contributed by atoms with van der Waals surface area (Å²) < 4.78 is 16.2. The van der Waals surface area contributed by atoms with Crippen molar-refractivity contribution in [1.82, 2.24) is 0 Å². The molecule has 0 aliphatic heterocycles. The van der Waals surface area contributed by atoms with Crippen molar-refractivity contribution in [3.63, 3.8) is 0 Å². The summed E-state index contributed by atoms with van der Waals surface area (Å²) in [6.45, 7) is 4.40. The van der Waals surface area contributed by atoms with E-state index in [9.17, 15) is 14.4 Å². The van der Waals surface area contributed by atoms with E-state index in [0.717, 1.165) is 37.0 Å². The molecule has 176 valence electrons.